The normalized spacial score (nSPS) is 11.1. The van der Waals surface area contributed by atoms with E-state index < -0.39 is 11.6 Å². The van der Waals surface area contributed by atoms with Crippen LogP contribution in [0.3, 0.4) is 0 Å². The van der Waals surface area contributed by atoms with Gasteiger partial charge in [-0.1, -0.05) is 25.4 Å². The summed E-state index contributed by atoms with van der Waals surface area (Å²) in [5, 5.41) is -0.180. The van der Waals surface area contributed by atoms with E-state index in [2.05, 4.69) is 0 Å². The molecule has 1 nitrogen and oxygen atoms in total. The maximum Gasteiger partial charge on any atom is 0.183 e. The van der Waals surface area contributed by atoms with Crippen molar-refractivity contribution < 1.29 is 8.78 Å². The fourth-order valence-electron chi connectivity index (χ4n) is 1.56. The Morgan fingerprint density at radius 3 is 2.14 bits per heavy atom. The van der Waals surface area contributed by atoms with Gasteiger partial charge < -0.3 is 5.73 Å². The zero-order valence-corrected chi connectivity index (χ0v) is 9.04. The van der Waals surface area contributed by atoms with Crippen molar-refractivity contribution in [2.45, 2.75) is 26.7 Å². The molecular formula is C10H12ClF2N. The van der Waals surface area contributed by atoms with Gasteiger partial charge >= 0.3 is 0 Å². The molecule has 0 aliphatic carbocycles. The number of benzene rings is 1. The van der Waals surface area contributed by atoms with Crippen LogP contribution in [0.2, 0.25) is 5.02 Å². The molecule has 1 rings (SSSR count). The Hall–Kier alpha value is -0.830. The van der Waals surface area contributed by atoms with Crippen molar-refractivity contribution in [3.63, 3.8) is 0 Å². The van der Waals surface area contributed by atoms with E-state index in [-0.39, 0.29) is 16.6 Å². The molecule has 0 aliphatic heterocycles. The molecule has 0 saturated heterocycles. The first-order valence-electron chi connectivity index (χ1n) is 4.30. The minimum Gasteiger partial charge on any atom is -0.396 e. The minimum absolute atomic E-state index is 0.0163. The molecule has 14 heavy (non-hydrogen) atoms. The van der Waals surface area contributed by atoms with Gasteiger partial charge in [0.05, 0.1) is 10.7 Å². The summed E-state index contributed by atoms with van der Waals surface area (Å²) in [5.41, 5.74) is 6.43. The molecule has 0 aromatic heterocycles. The lowest BCUT2D eigenvalue weighted by Gasteiger charge is -2.15. The summed E-state index contributed by atoms with van der Waals surface area (Å²) in [4.78, 5) is 0. The van der Waals surface area contributed by atoms with E-state index in [9.17, 15) is 8.78 Å². The molecule has 78 valence electrons. The zero-order chi connectivity index (χ0) is 11.0. The molecule has 0 atom stereocenters. The van der Waals surface area contributed by atoms with E-state index in [1.165, 1.54) is 0 Å². The summed E-state index contributed by atoms with van der Waals surface area (Å²) < 4.78 is 26.3. The molecule has 0 saturated carbocycles. The number of anilines is 1. The molecule has 0 fully saturated rings. The summed E-state index contributed by atoms with van der Waals surface area (Å²) in [7, 11) is 0. The highest BCUT2D eigenvalue weighted by atomic mass is 35.5. The van der Waals surface area contributed by atoms with Crippen molar-refractivity contribution >= 4 is 17.3 Å². The van der Waals surface area contributed by atoms with Crippen LogP contribution < -0.4 is 5.73 Å². The van der Waals surface area contributed by atoms with Crippen LogP contribution in [0.15, 0.2) is 0 Å². The Morgan fingerprint density at radius 1 is 1.21 bits per heavy atom. The Labute approximate surface area is 86.9 Å². The second-order valence-electron chi connectivity index (χ2n) is 3.55. The monoisotopic (exact) mass is 219 g/mol. The first-order chi connectivity index (χ1) is 6.37. The van der Waals surface area contributed by atoms with E-state index in [4.69, 9.17) is 17.3 Å². The maximum absolute atomic E-state index is 13.2. The minimum atomic E-state index is -1.06. The van der Waals surface area contributed by atoms with Gasteiger partial charge in [0.15, 0.2) is 11.6 Å². The fourth-order valence-corrected chi connectivity index (χ4v) is 1.75. The highest BCUT2D eigenvalue weighted by molar-refractivity contribution is 6.31. The summed E-state index contributed by atoms with van der Waals surface area (Å²) >= 11 is 5.63. The predicted octanol–water partition coefficient (Wildman–Crippen LogP) is 3.63. The lowest BCUT2D eigenvalue weighted by atomic mass is 9.95. The fraction of sp³-hybridized carbons (Fsp3) is 0.400. The third kappa shape index (κ3) is 1.57. The molecule has 0 unspecified atom stereocenters. The van der Waals surface area contributed by atoms with Crippen molar-refractivity contribution in [1.82, 2.24) is 0 Å². The quantitative estimate of drug-likeness (QED) is 0.567. The predicted molar refractivity (Wildman–Crippen MR) is 54.6 cm³/mol. The highest BCUT2D eigenvalue weighted by Crippen LogP contribution is 2.35. The van der Waals surface area contributed by atoms with Gasteiger partial charge in [-0.25, -0.2) is 8.78 Å². The summed E-state index contributed by atoms with van der Waals surface area (Å²) in [6.07, 6.45) is 0. The van der Waals surface area contributed by atoms with Gasteiger partial charge in [-0.3, -0.25) is 0 Å². The van der Waals surface area contributed by atoms with Crippen molar-refractivity contribution in [3.05, 3.63) is 27.8 Å². The summed E-state index contributed by atoms with van der Waals surface area (Å²) in [6, 6.07) is 0. The Morgan fingerprint density at radius 2 is 1.71 bits per heavy atom. The van der Waals surface area contributed by atoms with Crippen molar-refractivity contribution in [3.8, 4) is 0 Å². The van der Waals surface area contributed by atoms with Gasteiger partial charge in [0.25, 0.3) is 0 Å². The van der Waals surface area contributed by atoms with Crippen LogP contribution in [0.4, 0.5) is 14.5 Å². The molecular weight excluding hydrogens is 208 g/mol. The van der Waals surface area contributed by atoms with Gasteiger partial charge in [-0.05, 0) is 24.0 Å². The molecule has 0 aliphatic rings. The lowest BCUT2D eigenvalue weighted by molar-refractivity contribution is 0.509. The van der Waals surface area contributed by atoms with E-state index >= 15 is 0 Å². The third-order valence-electron chi connectivity index (χ3n) is 2.22. The third-order valence-corrected chi connectivity index (χ3v) is 2.67. The highest BCUT2D eigenvalue weighted by Gasteiger charge is 2.20. The molecule has 4 heteroatoms. The van der Waals surface area contributed by atoms with Gasteiger partial charge in [0.2, 0.25) is 0 Å². The second-order valence-corrected chi connectivity index (χ2v) is 3.93. The summed E-state index contributed by atoms with van der Waals surface area (Å²) in [5.74, 6) is -2.10. The molecule has 1 aromatic carbocycles. The van der Waals surface area contributed by atoms with Crippen LogP contribution in [0.25, 0.3) is 0 Å². The average molecular weight is 220 g/mol. The Balaban J connectivity index is 3.60. The van der Waals surface area contributed by atoms with Gasteiger partial charge in [0, 0.05) is 0 Å². The molecule has 2 N–H and O–H groups in total. The first-order valence-corrected chi connectivity index (χ1v) is 4.68. The SMILES string of the molecule is Cc1c(Cl)c(F)c(F)c(N)c1C(C)C. The van der Waals surface area contributed by atoms with E-state index in [0.717, 1.165) is 0 Å². The van der Waals surface area contributed by atoms with Crippen LogP contribution in [-0.2, 0) is 0 Å². The van der Waals surface area contributed by atoms with E-state index in [0.29, 0.717) is 11.1 Å². The Bertz CT molecular complexity index is 346. The van der Waals surface area contributed by atoms with Crippen molar-refractivity contribution in [2.75, 3.05) is 5.73 Å². The standard InChI is InChI=1S/C10H12ClF2N/c1-4(2)6-5(3)7(11)8(12)9(13)10(6)14/h4H,14H2,1-3H3. The topological polar surface area (TPSA) is 26.0 Å². The number of hydrogen-bond donors (Lipinski definition) is 1. The average Bonchev–Trinajstić information content (AvgIpc) is 2.11. The van der Waals surface area contributed by atoms with Crippen LogP contribution in [0.1, 0.15) is 30.9 Å². The second kappa shape index (κ2) is 3.73. The van der Waals surface area contributed by atoms with Crippen LogP contribution in [0.5, 0.6) is 0 Å². The lowest BCUT2D eigenvalue weighted by Crippen LogP contribution is -2.06. The Kier molecular flexibility index (Phi) is 3.00. The molecule has 0 heterocycles. The van der Waals surface area contributed by atoms with Crippen LogP contribution in [-0.4, -0.2) is 0 Å². The smallest absolute Gasteiger partial charge is 0.183 e. The van der Waals surface area contributed by atoms with Crippen molar-refractivity contribution in [2.24, 2.45) is 0 Å². The molecule has 0 amide bonds. The molecule has 1 aromatic rings. The largest absolute Gasteiger partial charge is 0.396 e. The first kappa shape index (κ1) is 11.2. The van der Waals surface area contributed by atoms with E-state index in [1.54, 1.807) is 6.92 Å². The van der Waals surface area contributed by atoms with Gasteiger partial charge in [-0.15, -0.1) is 0 Å². The number of nitrogens with two attached hydrogens (primary N) is 1. The van der Waals surface area contributed by atoms with Crippen molar-refractivity contribution in [1.29, 1.82) is 0 Å². The molecule has 0 radical (unpaired) electrons. The summed E-state index contributed by atoms with van der Waals surface area (Å²) in [6.45, 7) is 5.34. The number of hydrogen-bond acceptors (Lipinski definition) is 1. The zero-order valence-electron chi connectivity index (χ0n) is 8.29. The van der Waals surface area contributed by atoms with Gasteiger partial charge in [0.1, 0.15) is 0 Å². The number of halogens is 3. The maximum atomic E-state index is 13.2. The number of nitrogen functional groups attached to an aromatic ring is 1. The van der Waals surface area contributed by atoms with E-state index in [1.807, 2.05) is 13.8 Å². The molecule has 0 spiro atoms. The van der Waals surface area contributed by atoms with Crippen LogP contribution in [0, 0.1) is 18.6 Å². The van der Waals surface area contributed by atoms with Gasteiger partial charge in [-0.2, -0.15) is 0 Å². The van der Waals surface area contributed by atoms with Crippen LogP contribution >= 0.6 is 11.6 Å². The number of rotatable bonds is 1. The molecule has 0 bridgehead atoms.